The molecule has 0 saturated heterocycles. The molecule has 2 rings (SSSR count). The van der Waals surface area contributed by atoms with Crippen LogP contribution in [-0.4, -0.2) is 31.3 Å². The topological polar surface area (TPSA) is 80.9 Å². The van der Waals surface area contributed by atoms with Crippen LogP contribution in [0.25, 0.3) is 11.4 Å². The van der Waals surface area contributed by atoms with Crippen LogP contribution >= 0.6 is 11.6 Å². The van der Waals surface area contributed by atoms with Crippen LogP contribution in [-0.2, 0) is 10.3 Å². The summed E-state index contributed by atoms with van der Waals surface area (Å²) in [5, 5.41) is 21.6. The molecule has 0 bridgehead atoms. The molecule has 0 spiro atoms. The standard InChI is InChI=1S/C13H15ClN4O2/c1-3-13(4-2,12(19)20)18-11(15-16-17-18)9-6-5-7-10(14)8-9/h5-8H,3-4H2,1-2H3,(H,19,20). The molecule has 6 nitrogen and oxygen atoms in total. The number of rotatable bonds is 5. The summed E-state index contributed by atoms with van der Waals surface area (Å²) in [4.78, 5) is 11.7. The first kappa shape index (κ1) is 14.5. The Labute approximate surface area is 121 Å². The zero-order valence-electron chi connectivity index (χ0n) is 11.2. The summed E-state index contributed by atoms with van der Waals surface area (Å²) in [6, 6.07) is 7.02. The average molecular weight is 295 g/mol. The number of carboxylic acids is 1. The van der Waals surface area contributed by atoms with Crippen molar-refractivity contribution in [2.45, 2.75) is 32.2 Å². The molecule has 1 heterocycles. The molecule has 106 valence electrons. The van der Waals surface area contributed by atoms with Gasteiger partial charge in [0.25, 0.3) is 0 Å². The summed E-state index contributed by atoms with van der Waals surface area (Å²) in [6.07, 6.45) is 0.773. The molecule has 20 heavy (non-hydrogen) atoms. The van der Waals surface area contributed by atoms with Crippen molar-refractivity contribution >= 4 is 17.6 Å². The highest BCUT2D eigenvalue weighted by Crippen LogP contribution is 2.30. The maximum absolute atomic E-state index is 11.7. The molecule has 0 atom stereocenters. The maximum atomic E-state index is 11.7. The highest BCUT2D eigenvalue weighted by Gasteiger charge is 2.40. The van der Waals surface area contributed by atoms with Gasteiger partial charge in [0, 0.05) is 10.6 Å². The van der Waals surface area contributed by atoms with E-state index in [1.54, 1.807) is 38.1 Å². The van der Waals surface area contributed by atoms with Gasteiger partial charge >= 0.3 is 5.97 Å². The monoisotopic (exact) mass is 294 g/mol. The van der Waals surface area contributed by atoms with Crippen molar-refractivity contribution in [3.8, 4) is 11.4 Å². The Balaban J connectivity index is 2.60. The molecule has 1 aromatic carbocycles. The minimum atomic E-state index is -1.15. The lowest BCUT2D eigenvalue weighted by Crippen LogP contribution is -2.42. The van der Waals surface area contributed by atoms with Gasteiger partial charge in [-0.05, 0) is 35.4 Å². The van der Waals surface area contributed by atoms with Crippen molar-refractivity contribution in [3.05, 3.63) is 29.3 Å². The first-order valence-corrected chi connectivity index (χ1v) is 6.71. The van der Waals surface area contributed by atoms with Gasteiger partial charge in [-0.1, -0.05) is 37.6 Å². The van der Waals surface area contributed by atoms with Crippen molar-refractivity contribution in [3.63, 3.8) is 0 Å². The van der Waals surface area contributed by atoms with Crippen molar-refractivity contribution in [1.29, 1.82) is 0 Å². The van der Waals surface area contributed by atoms with E-state index < -0.39 is 11.5 Å². The third kappa shape index (κ3) is 2.27. The summed E-state index contributed by atoms with van der Waals surface area (Å²) in [5.41, 5.74) is -0.462. The first-order chi connectivity index (χ1) is 9.55. The second-order valence-corrected chi connectivity index (χ2v) is 4.90. The second-order valence-electron chi connectivity index (χ2n) is 4.47. The van der Waals surface area contributed by atoms with Crippen LogP contribution in [0.1, 0.15) is 26.7 Å². The normalized spacial score (nSPS) is 11.6. The molecule has 0 aliphatic rings. The van der Waals surface area contributed by atoms with Gasteiger partial charge in [-0.15, -0.1) is 5.10 Å². The van der Waals surface area contributed by atoms with Crippen LogP contribution in [0.3, 0.4) is 0 Å². The van der Waals surface area contributed by atoms with E-state index in [1.165, 1.54) is 4.68 Å². The zero-order valence-corrected chi connectivity index (χ0v) is 12.0. The van der Waals surface area contributed by atoms with Gasteiger partial charge in [0.05, 0.1) is 0 Å². The quantitative estimate of drug-likeness (QED) is 0.916. The van der Waals surface area contributed by atoms with Gasteiger partial charge in [0.15, 0.2) is 11.4 Å². The number of hydrogen-bond donors (Lipinski definition) is 1. The van der Waals surface area contributed by atoms with Crippen molar-refractivity contribution in [2.75, 3.05) is 0 Å². The molecule has 1 aromatic heterocycles. The van der Waals surface area contributed by atoms with E-state index in [2.05, 4.69) is 15.5 Å². The van der Waals surface area contributed by atoms with E-state index in [0.29, 0.717) is 29.3 Å². The van der Waals surface area contributed by atoms with Gasteiger partial charge in [0.2, 0.25) is 0 Å². The SMILES string of the molecule is CCC(CC)(C(=O)O)n1nnnc1-c1cccc(Cl)c1. The smallest absolute Gasteiger partial charge is 0.331 e. The van der Waals surface area contributed by atoms with E-state index in [9.17, 15) is 9.90 Å². The van der Waals surface area contributed by atoms with Gasteiger partial charge in [0.1, 0.15) is 0 Å². The fraction of sp³-hybridized carbons (Fsp3) is 0.385. The van der Waals surface area contributed by atoms with Crippen LogP contribution in [0.4, 0.5) is 0 Å². The molecule has 0 fully saturated rings. The van der Waals surface area contributed by atoms with E-state index in [-0.39, 0.29) is 0 Å². The number of carbonyl (C=O) groups is 1. The molecule has 0 radical (unpaired) electrons. The summed E-state index contributed by atoms with van der Waals surface area (Å²) < 4.78 is 1.38. The lowest BCUT2D eigenvalue weighted by Gasteiger charge is -2.27. The lowest BCUT2D eigenvalue weighted by atomic mass is 9.92. The third-order valence-electron chi connectivity index (χ3n) is 3.53. The second kappa shape index (κ2) is 5.58. The minimum absolute atomic E-state index is 0.386. The predicted octanol–water partition coefficient (Wildman–Crippen LogP) is 2.59. The molecule has 2 aromatic rings. The minimum Gasteiger partial charge on any atom is -0.479 e. The van der Waals surface area contributed by atoms with Crippen LogP contribution in [0, 0.1) is 0 Å². The van der Waals surface area contributed by atoms with Gasteiger partial charge in [-0.2, -0.15) is 0 Å². The summed E-state index contributed by atoms with van der Waals surface area (Å²) >= 11 is 5.96. The number of carboxylic acid groups (broad SMARTS) is 1. The highest BCUT2D eigenvalue weighted by molar-refractivity contribution is 6.30. The molecule has 0 saturated carbocycles. The molecule has 0 aliphatic carbocycles. The number of aliphatic carboxylic acids is 1. The van der Waals surface area contributed by atoms with E-state index in [1.807, 2.05) is 0 Å². The number of aromatic nitrogens is 4. The molecular weight excluding hydrogens is 280 g/mol. The van der Waals surface area contributed by atoms with E-state index >= 15 is 0 Å². The fourth-order valence-corrected chi connectivity index (χ4v) is 2.42. The largest absolute Gasteiger partial charge is 0.479 e. The van der Waals surface area contributed by atoms with Crippen molar-refractivity contribution in [2.24, 2.45) is 0 Å². The summed E-state index contributed by atoms with van der Waals surface area (Å²) in [7, 11) is 0. The molecule has 7 heteroatoms. The van der Waals surface area contributed by atoms with Crippen molar-refractivity contribution in [1.82, 2.24) is 20.2 Å². The first-order valence-electron chi connectivity index (χ1n) is 6.33. The Morgan fingerprint density at radius 1 is 1.40 bits per heavy atom. The molecule has 0 unspecified atom stereocenters. The Morgan fingerprint density at radius 2 is 2.10 bits per heavy atom. The number of halogens is 1. The summed E-state index contributed by atoms with van der Waals surface area (Å²) in [5.74, 6) is -0.545. The van der Waals surface area contributed by atoms with Gasteiger partial charge in [-0.25, -0.2) is 9.48 Å². The average Bonchev–Trinajstić information content (AvgIpc) is 2.90. The highest BCUT2D eigenvalue weighted by atomic mass is 35.5. The molecule has 0 amide bonds. The number of benzene rings is 1. The molecule has 0 aliphatic heterocycles. The fourth-order valence-electron chi connectivity index (χ4n) is 2.23. The van der Waals surface area contributed by atoms with Gasteiger partial charge < -0.3 is 5.11 Å². The van der Waals surface area contributed by atoms with Gasteiger partial charge in [-0.3, -0.25) is 0 Å². The third-order valence-corrected chi connectivity index (χ3v) is 3.76. The van der Waals surface area contributed by atoms with Crippen LogP contribution in [0.5, 0.6) is 0 Å². The number of hydrogen-bond acceptors (Lipinski definition) is 4. The number of nitrogens with zero attached hydrogens (tertiary/aromatic N) is 4. The Kier molecular flexibility index (Phi) is 4.04. The Hall–Kier alpha value is -1.95. The van der Waals surface area contributed by atoms with E-state index in [4.69, 9.17) is 11.6 Å². The lowest BCUT2D eigenvalue weighted by molar-refractivity contribution is -0.148. The maximum Gasteiger partial charge on any atom is 0.331 e. The van der Waals surface area contributed by atoms with Crippen molar-refractivity contribution < 1.29 is 9.90 Å². The predicted molar refractivity (Wildman–Crippen MR) is 74.5 cm³/mol. The number of tetrazole rings is 1. The molecular formula is C13H15ClN4O2. The van der Waals surface area contributed by atoms with Crippen LogP contribution in [0.15, 0.2) is 24.3 Å². The van der Waals surface area contributed by atoms with Crippen LogP contribution in [0.2, 0.25) is 5.02 Å². The molecule has 1 N–H and O–H groups in total. The Morgan fingerprint density at radius 3 is 2.65 bits per heavy atom. The zero-order chi connectivity index (χ0) is 14.8. The Bertz CT molecular complexity index is 622. The van der Waals surface area contributed by atoms with E-state index in [0.717, 1.165) is 0 Å². The summed E-state index contributed by atoms with van der Waals surface area (Å²) in [6.45, 7) is 3.61. The van der Waals surface area contributed by atoms with Crippen LogP contribution < -0.4 is 0 Å².